The molecule has 1 aromatic rings. The van der Waals surface area contributed by atoms with E-state index in [1.54, 1.807) is 0 Å². The van der Waals surface area contributed by atoms with Crippen LogP contribution in [-0.2, 0) is 6.42 Å². The highest BCUT2D eigenvalue weighted by Crippen LogP contribution is 2.37. The van der Waals surface area contributed by atoms with Crippen molar-refractivity contribution in [1.82, 2.24) is 10.3 Å². The summed E-state index contributed by atoms with van der Waals surface area (Å²) in [5.41, 5.74) is 0.230. The van der Waals surface area contributed by atoms with E-state index in [1.807, 2.05) is 17.5 Å². The second kappa shape index (κ2) is 7.04. The van der Waals surface area contributed by atoms with E-state index in [1.165, 1.54) is 37.1 Å². The first kappa shape index (κ1) is 16.0. The maximum absolute atomic E-state index is 4.50. The van der Waals surface area contributed by atoms with Crippen molar-refractivity contribution >= 4 is 11.3 Å². The van der Waals surface area contributed by atoms with E-state index in [4.69, 9.17) is 0 Å². The Morgan fingerprint density at radius 1 is 1.30 bits per heavy atom. The van der Waals surface area contributed by atoms with Crippen molar-refractivity contribution in [2.75, 3.05) is 6.54 Å². The van der Waals surface area contributed by atoms with Crippen LogP contribution in [0.2, 0.25) is 0 Å². The van der Waals surface area contributed by atoms with E-state index in [9.17, 15) is 0 Å². The van der Waals surface area contributed by atoms with Crippen LogP contribution in [0.1, 0.15) is 58.4 Å². The van der Waals surface area contributed by atoms with Gasteiger partial charge in [-0.3, -0.25) is 0 Å². The number of aromatic nitrogens is 1. The predicted molar refractivity (Wildman–Crippen MR) is 88.2 cm³/mol. The van der Waals surface area contributed by atoms with Gasteiger partial charge in [-0.05, 0) is 57.9 Å². The molecule has 1 N–H and O–H groups in total. The maximum atomic E-state index is 4.50. The summed E-state index contributed by atoms with van der Waals surface area (Å²) in [6.45, 7) is 10.3. The van der Waals surface area contributed by atoms with Gasteiger partial charge in [-0.15, -0.1) is 11.3 Å². The van der Waals surface area contributed by atoms with Crippen LogP contribution < -0.4 is 5.32 Å². The van der Waals surface area contributed by atoms with Gasteiger partial charge in [0.2, 0.25) is 0 Å². The minimum absolute atomic E-state index is 0.230. The molecule has 3 atom stereocenters. The lowest BCUT2D eigenvalue weighted by atomic mass is 9.72. The third-order valence-electron chi connectivity index (χ3n) is 4.64. The summed E-state index contributed by atoms with van der Waals surface area (Å²) in [5.74, 6) is 2.57. The fourth-order valence-corrected chi connectivity index (χ4v) is 4.04. The molecule has 0 aromatic carbocycles. The maximum Gasteiger partial charge on any atom is 0.0927 e. The van der Waals surface area contributed by atoms with Gasteiger partial charge < -0.3 is 5.32 Å². The molecular formula is C17H30N2S. The zero-order valence-electron chi connectivity index (χ0n) is 13.5. The number of nitrogens with one attached hydrogen (secondary N) is 1. The summed E-state index contributed by atoms with van der Waals surface area (Å²) in [6, 6.07) is 0. The Labute approximate surface area is 128 Å². The van der Waals surface area contributed by atoms with Crippen LogP contribution in [0.4, 0.5) is 0 Å². The number of nitrogens with zero attached hydrogens (tertiary/aromatic N) is 1. The number of hydrogen-bond donors (Lipinski definition) is 1. The minimum Gasteiger partial charge on any atom is -0.312 e. The van der Waals surface area contributed by atoms with Gasteiger partial charge in [0.15, 0.2) is 0 Å². The van der Waals surface area contributed by atoms with Crippen LogP contribution >= 0.6 is 11.3 Å². The Balaban J connectivity index is 1.96. The second-order valence-corrected chi connectivity index (χ2v) is 8.35. The zero-order valence-corrected chi connectivity index (χ0v) is 14.3. The van der Waals surface area contributed by atoms with Crippen molar-refractivity contribution in [3.8, 4) is 0 Å². The molecule has 0 radical (unpaired) electrons. The molecule has 0 spiro atoms. The topological polar surface area (TPSA) is 24.9 Å². The van der Waals surface area contributed by atoms with Gasteiger partial charge in [0.25, 0.3) is 0 Å². The van der Waals surface area contributed by atoms with E-state index in [0.29, 0.717) is 0 Å². The Morgan fingerprint density at radius 3 is 2.70 bits per heavy atom. The summed E-state index contributed by atoms with van der Waals surface area (Å²) < 4.78 is 0. The minimum atomic E-state index is 0.230. The van der Waals surface area contributed by atoms with Gasteiger partial charge in [-0.25, -0.2) is 4.98 Å². The van der Waals surface area contributed by atoms with E-state index >= 15 is 0 Å². The molecule has 1 aliphatic carbocycles. The van der Waals surface area contributed by atoms with Gasteiger partial charge >= 0.3 is 0 Å². The average molecular weight is 295 g/mol. The van der Waals surface area contributed by atoms with Crippen LogP contribution in [0, 0.1) is 17.8 Å². The van der Waals surface area contributed by atoms with Gasteiger partial charge in [0.1, 0.15) is 0 Å². The Morgan fingerprint density at radius 2 is 2.10 bits per heavy atom. The zero-order chi connectivity index (χ0) is 14.6. The summed E-state index contributed by atoms with van der Waals surface area (Å²) in [7, 11) is 0. The molecule has 1 saturated carbocycles. The third-order valence-corrected chi connectivity index (χ3v) is 5.44. The highest BCUT2D eigenvalue weighted by molar-refractivity contribution is 7.09. The molecule has 1 aliphatic rings. The number of thiazole rings is 1. The van der Waals surface area contributed by atoms with Crippen LogP contribution in [0.15, 0.2) is 11.6 Å². The molecule has 2 nitrogen and oxygen atoms in total. The van der Waals surface area contributed by atoms with Gasteiger partial charge in [0, 0.05) is 23.5 Å². The van der Waals surface area contributed by atoms with Crippen LogP contribution in [0.25, 0.3) is 0 Å². The molecule has 1 aromatic heterocycles. The molecule has 3 unspecified atom stereocenters. The predicted octanol–water partition coefficient (Wildman–Crippen LogP) is 4.52. The van der Waals surface area contributed by atoms with E-state index in [2.05, 4.69) is 43.4 Å². The SMILES string of the molecule is CCC1CCC(CNC(C)(C)C)C(Cc2nccs2)C1. The lowest BCUT2D eigenvalue weighted by molar-refractivity contribution is 0.163. The van der Waals surface area contributed by atoms with Crippen molar-refractivity contribution < 1.29 is 0 Å². The molecule has 3 heteroatoms. The van der Waals surface area contributed by atoms with Crippen LogP contribution in [0.3, 0.4) is 0 Å². The third kappa shape index (κ3) is 4.85. The first-order chi connectivity index (χ1) is 9.48. The smallest absolute Gasteiger partial charge is 0.0927 e. The molecule has 0 saturated heterocycles. The Kier molecular flexibility index (Phi) is 5.62. The molecule has 1 fully saturated rings. The molecule has 20 heavy (non-hydrogen) atoms. The highest BCUT2D eigenvalue weighted by Gasteiger charge is 2.30. The highest BCUT2D eigenvalue weighted by atomic mass is 32.1. The lowest BCUT2D eigenvalue weighted by Crippen LogP contribution is -2.42. The molecule has 1 heterocycles. The molecule has 2 rings (SSSR count). The van der Waals surface area contributed by atoms with Crippen molar-refractivity contribution in [2.45, 2.75) is 65.3 Å². The Hall–Kier alpha value is -0.410. The summed E-state index contributed by atoms with van der Waals surface area (Å²) in [5, 5.41) is 7.15. The summed E-state index contributed by atoms with van der Waals surface area (Å²) in [4.78, 5) is 4.50. The average Bonchev–Trinajstić information content (AvgIpc) is 2.89. The standard InChI is InChI=1S/C17H30N2S/c1-5-13-6-7-14(12-19-17(2,3)4)15(10-13)11-16-18-8-9-20-16/h8-9,13-15,19H,5-7,10-12H2,1-4H3. The van der Waals surface area contributed by atoms with E-state index in [-0.39, 0.29) is 5.54 Å². The fraction of sp³-hybridized carbons (Fsp3) is 0.824. The number of rotatable bonds is 5. The van der Waals surface area contributed by atoms with E-state index in [0.717, 1.165) is 24.3 Å². The van der Waals surface area contributed by atoms with Crippen molar-refractivity contribution in [3.63, 3.8) is 0 Å². The first-order valence-electron chi connectivity index (χ1n) is 8.11. The molecule has 114 valence electrons. The molecular weight excluding hydrogens is 264 g/mol. The van der Waals surface area contributed by atoms with Gasteiger partial charge in [-0.2, -0.15) is 0 Å². The normalized spacial score (nSPS) is 27.7. The fourth-order valence-electron chi connectivity index (χ4n) is 3.33. The first-order valence-corrected chi connectivity index (χ1v) is 8.99. The molecule has 0 aliphatic heterocycles. The number of hydrogen-bond acceptors (Lipinski definition) is 3. The largest absolute Gasteiger partial charge is 0.312 e. The lowest BCUT2D eigenvalue weighted by Gasteiger charge is -2.37. The van der Waals surface area contributed by atoms with Crippen molar-refractivity contribution in [3.05, 3.63) is 16.6 Å². The van der Waals surface area contributed by atoms with Crippen molar-refractivity contribution in [1.29, 1.82) is 0 Å². The monoisotopic (exact) mass is 294 g/mol. The van der Waals surface area contributed by atoms with Gasteiger partial charge in [-0.1, -0.05) is 19.8 Å². The van der Waals surface area contributed by atoms with E-state index < -0.39 is 0 Å². The van der Waals surface area contributed by atoms with Crippen LogP contribution in [-0.4, -0.2) is 17.1 Å². The van der Waals surface area contributed by atoms with Crippen LogP contribution in [0.5, 0.6) is 0 Å². The summed E-state index contributed by atoms with van der Waals surface area (Å²) >= 11 is 1.82. The molecule has 0 amide bonds. The van der Waals surface area contributed by atoms with Crippen molar-refractivity contribution in [2.24, 2.45) is 17.8 Å². The molecule has 0 bridgehead atoms. The summed E-state index contributed by atoms with van der Waals surface area (Å²) in [6.07, 6.45) is 8.67. The Bertz CT molecular complexity index is 380. The second-order valence-electron chi connectivity index (χ2n) is 7.37. The van der Waals surface area contributed by atoms with Gasteiger partial charge in [0.05, 0.1) is 5.01 Å². The quantitative estimate of drug-likeness (QED) is 0.864.